The second kappa shape index (κ2) is 5.52. The van der Waals surface area contributed by atoms with Gasteiger partial charge in [-0.05, 0) is 31.6 Å². The fourth-order valence-corrected chi connectivity index (χ4v) is 2.79. The van der Waals surface area contributed by atoms with Crippen LogP contribution >= 0.6 is 0 Å². The maximum absolute atomic E-state index is 12.0. The van der Waals surface area contributed by atoms with Crippen molar-refractivity contribution >= 4 is 11.8 Å². The number of rotatable bonds is 2. The first-order chi connectivity index (χ1) is 8.16. The first-order valence-corrected chi connectivity index (χ1v) is 6.70. The van der Waals surface area contributed by atoms with Gasteiger partial charge < -0.3 is 9.80 Å². The summed E-state index contributed by atoms with van der Waals surface area (Å²) in [6.07, 6.45) is 4.98. The van der Waals surface area contributed by atoms with E-state index in [0.717, 1.165) is 51.9 Å². The van der Waals surface area contributed by atoms with Gasteiger partial charge in [0, 0.05) is 39.5 Å². The van der Waals surface area contributed by atoms with E-state index in [9.17, 15) is 9.59 Å². The standard InChI is InChI=1S/C13H22N2O2/c1-11(16)14-8-4-12(5-9-14)10-13(17)15-6-2-3-7-15/h12H,2-10H2,1H3. The maximum atomic E-state index is 12.0. The predicted molar refractivity (Wildman–Crippen MR) is 65.4 cm³/mol. The summed E-state index contributed by atoms with van der Waals surface area (Å²) in [4.78, 5) is 27.0. The molecule has 0 radical (unpaired) electrons. The molecule has 2 aliphatic rings. The lowest BCUT2D eigenvalue weighted by Gasteiger charge is -2.31. The highest BCUT2D eigenvalue weighted by atomic mass is 16.2. The molecular weight excluding hydrogens is 216 g/mol. The van der Waals surface area contributed by atoms with Gasteiger partial charge in [0.2, 0.25) is 11.8 Å². The Balaban J connectivity index is 1.74. The van der Waals surface area contributed by atoms with Crippen LogP contribution in [0.3, 0.4) is 0 Å². The van der Waals surface area contributed by atoms with E-state index < -0.39 is 0 Å². The summed E-state index contributed by atoms with van der Waals surface area (Å²) < 4.78 is 0. The van der Waals surface area contributed by atoms with E-state index in [1.54, 1.807) is 6.92 Å². The van der Waals surface area contributed by atoms with Crippen molar-refractivity contribution in [3.05, 3.63) is 0 Å². The van der Waals surface area contributed by atoms with Crippen LogP contribution in [-0.4, -0.2) is 47.8 Å². The normalized spacial score (nSPS) is 21.9. The number of amides is 2. The van der Waals surface area contributed by atoms with Crippen molar-refractivity contribution in [1.29, 1.82) is 0 Å². The SMILES string of the molecule is CC(=O)N1CCC(CC(=O)N2CCCC2)CC1. The van der Waals surface area contributed by atoms with Gasteiger partial charge in [-0.2, -0.15) is 0 Å². The Labute approximate surface area is 103 Å². The zero-order valence-electron chi connectivity index (χ0n) is 10.7. The number of carbonyl (C=O) groups is 2. The van der Waals surface area contributed by atoms with Crippen LogP contribution in [0.1, 0.15) is 39.0 Å². The topological polar surface area (TPSA) is 40.6 Å². The molecule has 2 amide bonds. The third kappa shape index (κ3) is 3.20. The lowest BCUT2D eigenvalue weighted by atomic mass is 9.93. The van der Waals surface area contributed by atoms with Gasteiger partial charge in [0.15, 0.2) is 0 Å². The molecule has 0 unspecified atom stereocenters. The molecular formula is C13H22N2O2. The Morgan fingerprint density at radius 1 is 1.00 bits per heavy atom. The fourth-order valence-electron chi connectivity index (χ4n) is 2.79. The van der Waals surface area contributed by atoms with Crippen LogP contribution in [0.4, 0.5) is 0 Å². The molecule has 96 valence electrons. The zero-order chi connectivity index (χ0) is 12.3. The van der Waals surface area contributed by atoms with Crippen LogP contribution in [-0.2, 0) is 9.59 Å². The molecule has 0 saturated carbocycles. The highest BCUT2D eigenvalue weighted by Crippen LogP contribution is 2.22. The summed E-state index contributed by atoms with van der Waals surface area (Å²) in [7, 11) is 0. The monoisotopic (exact) mass is 238 g/mol. The summed E-state index contributed by atoms with van der Waals surface area (Å²) in [6, 6.07) is 0. The van der Waals surface area contributed by atoms with E-state index in [2.05, 4.69) is 0 Å². The van der Waals surface area contributed by atoms with Crippen molar-refractivity contribution in [2.24, 2.45) is 5.92 Å². The first kappa shape index (κ1) is 12.4. The summed E-state index contributed by atoms with van der Waals surface area (Å²) in [6.45, 7) is 5.17. The largest absolute Gasteiger partial charge is 0.343 e. The fraction of sp³-hybridized carbons (Fsp3) is 0.846. The quantitative estimate of drug-likeness (QED) is 0.726. The van der Waals surface area contributed by atoms with Gasteiger partial charge in [-0.1, -0.05) is 0 Å². The average molecular weight is 238 g/mol. The van der Waals surface area contributed by atoms with Crippen LogP contribution in [0.15, 0.2) is 0 Å². The Kier molecular flexibility index (Phi) is 4.02. The molecule has 0 aromatic heterocycles. The van der Waals surface area contributed by atoms with Crippen molar-refractivity contribution in [3.8, 4) is 0 Å². The van der Waals surface area contributed by atoms with Crippen LogP contribution in [0, 0.1) is 5.92 Å². The third-order valence-electron chi connectivity index (χ3n) is 3.98. The molecule has 0 aromatic carbocycles. The number of piperidine rings is 1. The average Bonchev–Trinajstić information content (AvgIpc) is 2.83. The Hall–Kier alpha value is -1.06. The van der Waals surface area contributed by atoms with Gasteiger partial charge in [0.05, 0.1) is 0 Å². The maximum Gasteiger partial charge on any atom is 0.222 e. The van der Waals surface area contributed by atoms with Gasteiger partial charge in [-0.25, -0.2) is 0 Å². The Morgan fingerprint density at radius 3 is 2.12 bits per heavy atom. The van der Waals surface area contributed by atoms with Crippen LogP contribution in [0.2, 0.25) is 0 Å². The molecule has 4 heteroatoms. The Bertz CT molecular complexity index is 290. The van der Waals surface area contributed by atoms with Crippen molar-refractivity contribution in [3.63, 3.8) is 0 Å². The second-order valence-electron chi connectivity index (χ2n) is 5.24. The van der Waals surface area contributed by atoms with E-state index in [4.69, 9.17) is 0 Å². The van der Waals surface area contributed by atoms with Gasteiger partial charge >= 0.3 is 0 Å². The van der Waals surface area contributed by atoms with Crippen LogP contribution in [0.5, 0.6) is 0 Å². The number of carbonyl (C=O) groups excluding carboxylic acids is 2. The molecule has 2 fully saturated rings. The van der Waals surface area contributed by atoms with Crippen LogP contribution in [0.25, 0.3) is 0 Å². The van der Waals surface area contributed by atoms with E-state index >= 15 is 0 Å². The minimum absolute atomic E-state index is 0.161. The number of hydrogen-bond acceptors (Lipinski definition) is 2. The Morgan fingerprint density at radius 2 is 1.59 bits per heavy atom. The van der Waals surface area contributed by atoms with Crippen molar-refractivity contribution in [2.45, 2.75) is 39.0 Å². The van der Waals surface area contributed by atoms with Gasteiger partial charge in [-0.3, -0.25) is 9.59 Å². The van der Waals surface area contributed by atoms with E-state index in [0.29, 0.717) is 18.2 Å². The molecule has 4 nitrogen and oxygen atoms in total. The first-order valence-electron chi connectivity index (χ1n) is 6.70. The number of likely N-dealkylation sites (tertiary alicyclic amines) is 2. The van der Waals surface area contributed by atoms with Crippen molar-refractivity contribution in [2.75, 3.05) is 26.2 Å². The minimum atomic E-state index is 0.161. The molecule has 2 heterocycles. The predicted octanol–water partition coefficient (Wildman–Crippen LogP) is 1.26. The van der Waals surface area contributed by atoms with Gasteiger partial charge in [0.25, 0.3) is 0 Å². The number of nitrogens with zero attached hydrogens (tertiary/aromatic N) is 2. The second-order valence-corrected chi connectivity index (χ2v) is 5.24. The molecule has 2 rings (SSSR count). The minimum Gasteiger partial charge on any atom is -0.343 e. The smallest absolute Gasteiger partial charge is 0.222 e. The summed E-state index contributed by atoms with van der Waals surface area (Å²) in [5.74, 6) is 0.969. The number of hydrogen-bond donors (Lipinski definition) is 0. The molecule has 2 saturated heterocycles. The summed E-state index contributed by atoms with van der Waals surface area (Å²) >= 11 is 0. The van der Waals surface area contributed by atoms with E-state index in [-0.39, 0.29) is 5.91 Å². The lowest BCUT2D eigenvalue weighted by Crippen LogP contribution is -2.38. The third-order valence-corrected chi connectivity index (χ3v) is 3.98. The highest BCUT2D eigenvalue weighted by Gasteiger charge is 2.25. The van der Waals surface area contributed by atoms with Crippen molar-refractivity contribution < 1.29 is 9.59 Å². The van der Waals surface area contributed by atoms with E-state index in [1.807, 2.05) is 9.80 Å². The zero-order valence-corrected chi connectivity index (χ0v) is 10.7. The van der Waals surface area contributed by atoms with Crippen molar-refractivity contribution in [1.82, 2.24) is 9.80 Å². The highest BCUT2D eigenvalue weighted by molar-refractivity contribution is 5.77. The molecule has 0 aliphatic carbocycles. The molecule has 0 atom stereocenters. The van der Waals surface area contributed by atoms with Gasteiger partial charge in [-0.15, -0.1) is 0 Å². The molecule has 0 N–H and O–H groups in total. The molecule has 0 spiro atoms. The summed E-state index contributed by atoms with van der Waals surface area (Å²) in [5, 5.41) is 0. The molecule has 0 aromatic rings. The van der Waals surface area contributed by atoms with Crippen LogP contribution < -0.4 is 0 Å². The van der Waals surface area contributed by atoms with Gasteiger partial charge in [0.1, 0.15) is 0 Å². The molecule has 17 heavy (non-hydrogen) atoms. The van der Waals surface area contributed by atoms with E-state index in [1.165, 1.54) is 0 Å². The molecule has 0 bridgehead atoms. The summed E-state index contributed by atoms with van der Waals surface area (Å²) in [5.41, 5.74) is 0. The molecule has 2 aliphatic heterocycles. The lowest BCUT2D eigenvalue weighted by molar-refractivity contribution is -0.132.